The predicted molar refractivity (Wildman–Crippen MR) is 96.1 cm³/mol. The van der Waals surface area contributed by atoms with Gasteiger partial charge in [0, 0.05) is 43.2 Å². The third-order valence-corrected chi connectivity index (χ3v) is 4.61. The number of hydrogen-bond donors (Lipinski definition) is 1. The third kappa shape index (κ3) is 5.49. The third-order valence-electron chi connectivity index (χ3n) is 4.36. The van der Waals surface area contributed by atoms with E-state index in [1.54, 1.807) is 29.2 Å². The van der Waals surface area contributed by atoms with Crippen LogP contribution in [0.1, 0.15) is 42.5 Å². The molecule has 1 fully saturated rings. The zero-order valence-electron chi connectivity index (χ0n) is 14.0. The molecule has 0 bridgehead atoms. The highest BCUT2D eigenvalue weighted by Gasteiger charge is 2.24. The summed E-state index contributed by atoms with van der Waals surface area (Å²) in [7, 11) is 0. The van der Waals surface area contributed by atoms with Gasteiger partial charge in [-0.15, -0.1) is 0 Å². The van der Waals surface area contributed by atoms with Crippen molar-refractivity contribution in [1.29, 1.82) is 0 Å². The molecule has 1 aliphatic rings. The van der Waals surface area contributed by atoms with Crippen LogP contribution in [0.4, 0.5) is 0 Å². The van der Waals surface area contributed by atoms with E-state index in [4.69, 9.17) is 17.3 Å². The van der Waals surface area contributed by atoms with E-state index in [9.17, 15) is 9.59 Å². The first-order valence-electron chi connectivity index (χ1n) is 8.64. The lowest BCUT2D eigenvalue weighted by molar-refractivity contribution is -0.132. The number of nitrogens with two attached hydrogens (primary N) is 1. The van der Waals surface area contributed by atoms with Crippen LogP contribution in [0.3, 0.4) is 0 Å². The lowest BCUT2D eigenvalue weighted by Crippen LogP contribution is -2.50. The number of amides is 2. The smallest absolute Gasteiger partial charge is 0.253 e. The van der Waals surface area contributed by atoms with Gasteiger partial charge in [-0.2, -0.15) is 0 Å². The normalized spacial score (nSPS) is 14.8. The molecule has 0 aliphatic carbocycles. The molecule has 2 rings (SSSR count). The Morgan fingerprint density at radius 2 is 1.50 bits per heavy atom. The van der Waals surface area contributed by atoms with E-state index in [1.165, 1.54) is 0 Å². The lowest BCUT2D eigenvalue weighted by Gasteiger charge is -2.35. The van der Waals surface area contributed by atoms with Crippen molar-refractivity contribution in [2.45, 2.75) is 32.1 Å². The minimum absolute atomic E-state index is 0.000509. The van der Waals surface area contributed by atoms with Crippen LogP contribution in [0.5, 0.6) is 0 Å². The largest absolute Gasteiger partial charge is 0.339 e. The van der Waals surface area contributed by atoms with Gasteiger partial charge in [-0.3, -0.25) is 9.59 Å². The molecule has 5 nitrogen and oxygen atoms in total. The number of carbonyl (C=O) groups is 2. The van der Waals surface area contributed by atoms with Gasteiger partial charge >= 0.3 is 0 Å². The van der Waals surface area contributed by atoms with Crippen molar-refractivity contribution in [2.24, 2.45) is 5.73 Å². The Morgan fingerprint density at radius 1 is 0.917 bits per heavy atom. The summed E-state index contributed by atoms with van der Waals surface area (Å²) < 4.78 is 0. The van der Waals surface area contributed by atoms with Crippen molar-refractivity contribution in [3.8, 4) is 0 Å². The summed E-state index contributed by atoms with van der Waals surface area (Å²) in [5.41, 5.74) is 6.10. The van der Waals surface area contributed by atoms with E-state index >= 15 is 0 Å². The fourth-order valence-corrected chi connectivity index (χ4v) is 2.99. The first kappa shape index (κ1) is 18.7. The van der Waals surface area contributed by atoms with E-state index in [1.807, 2.05) is 4.90 Å². The molecule has 6 heteroatoms. The van der Waals surface area contributed by atoms with Crippen LogP contribution in [-0.2, 0) is 4.79 Å². The fourth-order valence-electron chi connectivity index (χ4n) is 2.87. The number of halogens is 1. The van der Waals surface area contributed by atoms with Gasteiger partial charge in [0.2, 0.25) is 5.91 Å². The number of nitrogens with zero attached hydrogens (tertiary/aromatic N) is 2. The molecule has 0 unspecified atom stereocenters. The highest BCUT2D eigenvalue weighted by molar-refractivity contribution is 6.30. The van der Waals surface area contributed by atoms with Crippen molar-refractivity contribution in [1.82, 2.24) is 9.80 Å². The Bertz CT molecular complexity index is 540. The van der Waals surface area contributed by atoms with Crippen molar-refractivity contribution < 1.29 is 9.59 Å². The molecule has 0 aromatic heterocycles. The first-order chi connectivity index (χ1) is 11.6. The molecule has 24 heavy (non-hydrogen) atoms. The van der Waals surface area contributed by atoms with Gasteiger partial charge in [0.05, 0.1) is 0 Å². The summed E-state index contributed by atoms with van der Waals surface area (Å²) in [6, 6.07) is 6.92. The molecule has 0 saturated carbocycles. The maximum absolute atomic E-state index is 12.4. The summed E-state index contributed by atoms with van der Waals surface area (Å²) in [6.07, 6.45) is 4.68. The molecular weight excluding hydrogens is 326 g/mol. The van der Waals surface area contributed by atoms with Gasteiger partial charge in [0.1, 0.15) is 0 Å². The van der Waals surface area contributed by atoms with Crippen molar-refractivity contribution in [3.63, 3.8) is 0 Å². The average molecular weight is 352 g/mol. The Morgan fingerprint density at radius 3 is 2.12 bits per heavy atom. The molecule has 1 heterocycles. The standard InChI is InChI=1S/C18H26ClN3O2/c19-16-8-6-15(7-9-16)18(24)22-13-11-21(12-14-22)17(23)5-3-1-2-4-10-20/h6-9H,1-5,10-14,20H2. The van der Waals surface area contributed by atoms with Crippen LogP contribution < -0.4 is 5.73 Å². The fraction of sp³-hybridized carbons (Fsp3) is 0.556. The Kier molecular flexibility index (Phi) is 7.53. The molecule has 1 saturated heterocycles. The molecule has 0 radical (unpaired) electrons. The van der Waals surface area contributed by atoms with Gasteiger partial charge in [0.25, 0.3) is 5.91 Å². The maximum Gasteiger partial charge on any atom is 0.253 e. The Labute approximate surface area is 148 Å². The van der Waals surface area contributed by atoms with E-state index in [2.05, 4.69) is 0 Å². The van der Waals surface area contributed by atoms with E-state index in [0.717, 1.165) is 32.2 Å². The Balaban J connectivity index is 1.73. The monoisotopic (exact) mass is 351 g/mol. The predicted octanol–water partition coefficient (Wildman–Crippen LogP) is 2.53. The van der Waals surface area contributed by atoms with Gasteiger partial charge < -0.3 is 15.5 Å². The maximum atomic E-state index is 12.4. The molecule has 2 amide bonds. The summed E-state index contributed by atoms with van der Waals surface area (Å²) in [6.45, 7) is 3.11. The van der Waals surface area contributed by atoms with Gasteiger partial charge in [-0.1, -0.05) is 24.4 Å². The lowest BCUT2D eigenvalue weighted by atomic mass is 10.1. The summed E-state index contributed by atoms with van der Waals surface area (Å²) in [5, 5.41) is 0.619. The number of hydrogen-bond acceptors (Lipinski definition) is 3. The van der Waals surface area contributed by atoms with E-state index < -0.39 is 0 Å². The highest BCUT2D eigenvalue weighted by atomic mass is 35.5. The molecule has 1 aliphatic heterocycles. The van der Waals surface area contributed by atoms with E-state index in [0.29, 0.717) is 43.2 Å². The van der Waals surface area contributed by atoms with Crippen LogP contribution in [0, 0.1) is 0 Å². The average Bonchev–Trinajstić information content (AvgIpc) is 2.61. The van der Waals surface area contributed by atoms with Gasteiger partial charge in [0.15, 0.2) is 0 Å². The van der Waals surface area contributed by atoms with E-state index in [-0.39, 0.29) is 11.8 Å². The number of piperazine rings is 1. The zero-order chi connectivity index (χ0) is 17.4. The second-order valence-corrected chi connectivity index (χ2v) is 6.57. The Hall–Kier alpha value is -1.59. The first-order valence-corrected chi connectivity index (χ1v) is 9.02. The van der Waals surface area contributed by atoms with Crippen LogP contribution in [0.25, 0.3) is 0 Å². The van der Waals surface area contributed by atoms with Gasteiger partial charge in [-0.25, -0.2) is 0 Å². The highest BCUT2D eigenvalue weighted by Crippen LogP contribution is 2.14. The second kappa shape index (κ2) is 9.64. The molecule has 0 spiro atoms. The zero-order valence-corrected chi connectivity index (χ0v) is 14.8. The second-order valence-electron chi connectivity index (χ2n) is 6.13. The number of unbranched alkanes of at least 4 members (excludes halogenated alkanes) is 3. The van der Waals surface area contributed by atoms with Crippen molar-refractivity contribution in [3.05, 3.63) is 34.9 Å². The van der Waals surface area contributed by atoms with Crippen LogP contribution in [-0.4, -0.2) is 54.3 Å². The topological polar surface area (TPSA) is 66.6 Å². The minimum Gasteiger partial charge on any atom is -0.339 e. The molecule has 132 valence electrons. The quantitative estimate of drug-likeness (QED) is 0.767. The summed E-state index contributed by atoms with van der Waals surface area (Å²) in [4.78, 5) is 28.3. The SMILES string of the molecule is NCCCCCCC(=O)N1CCN(C(=O)c2ccc(Cl)cc2)CC1. The number of benzene rings is 1. The minimum atomic E-state index is 0.000509. The van der Waals surface area contributed by atoms with Crippen molar-refractivity contribution >= 4 is 23.4 Å². The molecule has 2 N–H and O–H groups in total. The summed E-state index contributed by atoms with van der Waals surface area (Å²) in [5.74, 6) is 0.196. The number of rotatable bonds is 7. The molecule has 1 aromatic carbocycles. The van der Waals surface area contributed by atoms with Crippen LogP contribution >= 0.6 is 11.6 Å². The van der Waals surface area contributed by atoms with Crippen molar-refractivity contribution in [2.75, 3.05) is 32.7 Å². The summed E-state index contributed by atoms with van der Waals surface area (Å²) >= 11 is 5.85. The molecule has 0 atom stereocenters. The molecule has 1 aromatic rings. The molecular formula is C18H26ClN3O2. The van der Waals surface area contributed by atoms with Gasteiger partial charge in [-0.05, 0) is 43.7 Å². The van der Waals surface area contributed by atoms with Crippen LogP contribution in [0.2, 0.25) is 5.02 Å². The van der Waals surface area contributed by atoms with Crippen LogP contribution in [0.15, 0.2) is 24.3 Å². The number of carbonyl (C=O) groups excluding carboxylic acids is 2.